The molecule has 0 aliphatic rings. The van der Waals surface area contributed by atoms with E-state index in [-0.39, 0.29) is 29.8 Å². The normalized spacial score (nSPS) is 9.26. The van der Waals surface area contributed by atoms with E-state index < -0.39 is 0 Å². The van der Waals surface area contributed by atoms with E-state index in [1.807, 2.05) is 13.8 Å². The van der Waals surface area contributed by atoms with E-state index in [0.29, 0.717) is 12.3 Å². The van der Waals surface area contributed by atoms with Crippen LogP contribution in [0.15, 0.2) is 23.2 Å². The fraction of sp³-hybridized carbons (Fsp3) is 0.462. The Labute approximate surface area is 130 Å². The van der Waals surface area contributed by atoms with Gasteiger partial charge in [-0.05, 0) is 31.5 Å². The number of hydrogen-bond donors (Lipinski definition) is 2. The zero-order valence-electron chi connectivity index (χ0n) is 11.5. The molecule has 0 spiro atoms. The summed E-state index contributed by atoms with van der Waals surface area (Å²) in [6.07, 6.45) is 0. The largest absolute Gasteiger partial charge is 0.497 e. The molecule has 0 bridgehead atoms. The van der Waals surface area contributed by atoms with Gasteiger partial charge >= 0.3 is 0 Å². The first kappa shape index (κ1) is 17.9. The fourth-order valence-corrected chi connectivity index (χ4v) is 1.51. The summed E-state index contributed by atoms with van der Waals surface area (Å²) >= 11 is 0. The van der Waals surface area contributed by atoms with Gasteiger partial charge in [-0.3, -0.25) is 0 Å². The zero-order chi connectivity index (χ0) is 13.4. The molecule has 4 nitrogen and oxygen atoms in total. The number of nitrogens with zero attached hydrogens (tertiary/aromatic N) is 1. The van der Waals surface area contributed by atoms with E-state index in [4.69, 9.17) is 4.74 Å². The van der Waals surface area contributed by atoms with Crippen LogP contribution in [0.1, 0.15) is 19.4 Å². The van der Waals surface area contributed by atoms with Crippen LogP contribution in [0.5, 0.6) is 5.75 Å². The van der Waals surface area contributed by atoms with Gasteiger partial charge in [-0.2, -0.15) is 0 Å². The highest BCUT2D eigenvalue weighted by atomic mass is 127. The first-order valence-electron chi connectivity index (χ1n) is 6.05. The molecule has 6 heteroatoms. The number of guanidine groups is 1. The Balaban J connectivity index is 0.00000324. The second-order valence-corrected chi connectivity index (χ2v) is 3.72. The van der Waals surface area contributed by atoms with Crippen molar-refractivity contribution in [3.63, 3.8) is 0 Å². The van der Waals surface area contributed by atoms with E-state index in [0.717, 1.165) is 24.6 Å². The lowest BCUT2D eigenvalue weighted by atomic mass is 10.2. The Morgan fingerprint density at radius 3 is 2.37 bits per heavy atom. The van der Waals surface area contributed by atoms with Gasteiger partial charge in [0.05, 0.1) is 13.7 Å². The SMILES string of the molecule is CCNC(=NCc1cc(F)cc(OC)c1)NCC.I. The van der Waals surface area contributed by atoms with Gasteiger partial charge in [0.25, 0.3) is 0 Å². The van der Waals surface area contributed by atoms with Gasteiger partial charge in [0, 0.05) is 19.2 Å². The molecule has 1 rings (SSSR count). The Morgan fingerprint density at radius 2 is 1.84 bits per heavy atom. The van der Waals surface area contributed by atoms with E-state index in [1.54, 1.807) is 6.07 Å². The van der Waals surface area contributed by atoms with E-state index in [9.17, 15) is 4.39 Å². The van der Waals surface area contributed by atoms with Crippen LogP contribution in [-0.4, -0.2) is 26.2 Å². The first-order chi connectivity index (χ1) is 8.69. The molecule has 0 aliphatic heterocycles. The van der Waals surface area contributed by atoms with Crippen LogP contribution in [-0.2, 0) is 6.54 Å². The summed E-state index contributed by atoms with van der Waals surface area (Å²) in [6.45, 7) is 5.98. The minimum atomic E-state index is -0.312. The molecule has 0 aromatic heterocycles. The van der Waals surface area contributed by atoms with E-state index in [1.165, 1.54) is 19.2 Å². The number of hydrogen-bond acceptors (Lipinski definition) is 2. The van der Waals surface area contributed by atoms with Crippen LogP contribution in [0.4, 0.5) is 4.39 Å². The van der Waals surface area contributed by atoms with Crippen LogP contribution < -0.4 is 15.4 Å². The van der Waals surface area contributed by atoms with Crippen LogP contribution >= 0.6 is 24.0 Å². The molecule has 0 amide bonds. The molecule has 0 fully saturated rings. The van der Waals surface area contributed by atoms with Gasteiger partial charge in [0.15, 0.2) is 5.96 Å². The monoisotopic (exact) mass is 381 g/mol. The predicted molar refractivity (Wildman–Crippen MR) is 86.9 cm³/mol. The van der Waals surface area contributed by atoms with Crippen LogP contribution in [0.3, 0.4) is 0 Å². The molecule has 0 saturated carbocycles. The van der Waals surface area contributed by atoms with Crippen molar-refractivity contribution < 1.29 is 9.13 Å². The van der Waals surface area contributed by atoms with Crippen LogP contribution in [0, 0.1) is 5.82 Å². The third kappa shape index (κ3) is 6.60. The summed E-state index contributed by atoms with van der Waals surface area (Å²) in [7, 11) is 1.52. The predicted octanol–water partition coefficient (Wildman–Crippen LogP) is 2.53. The fourth-order valence-electron chi connectivity index (χ4n) is 1.51. The van der Waals surface area contributed by atoms with E-state index >= 15 is 0 Å². The highest BCUT2D eigenvalue weighted by molar-refractivity contribution is 14.0. The second kappa shape index (κ2) is 9.82. The average molecular weight is 381 g/mol. The summed E-state index contributed by atoms with van der Waals surface area (Å²) in [6, 6.07) is 4.59. The molecule has 0 saturated heterocycles. The molecule has 0 radical (unpaired) electrons. The lowest BCUT2D eigenvalue weighted by molar-refractivity contribution is 0.410. The molecule has 0 heterocycles. The topological polar surface area (TPSA) is 45.7 Å². The molecule has 1 aromatic carbocycles. The minimum Gasteiger partial charge on any atom is -0.497 e. The third-order valence-corrected chi connectivity index (χ3v) is 2.27. The molecule has 108 valence electrons. The van der Waals surface area contributed by atoms with Crippen molar-refractivity contribution in [3.8, 4) is 5.75 Å². The molecule has 2 N–H and O–H groups in total. The molecule has 19 heavy (non-hydrogen) atoms. The van der Waals surface area contributed by atoms with Gasteiger partial charge in [-0.15, -0.1) is 24.0 Å². The van der Waals surface area contributed by atoms with Gasteiger partial charge in [0.2, 0.25) is 0 Å². The summed E-state index contributed by atoms with van der Waals surface area (Å²) in [5, 5.41) is 6.22. The smallest absolute Gasteiger partial charge is 0.191 e. The number of rotatable bonds is 5. The maximum absolute atomic E-state index is 13.3. The molecular weight excluding hydrogens is 360 g/mol. The van der Waals surface area contributed by atoms with Gasteiger partial charge in [-0.1, -0.05) is 0 Å². The lowest BCUT2D eigenvalue weighted by Gasteiger charge is -2.09. The summed E-state index contributed by atoms with van der Waals surface area (Å²) in [5.74, 6) is 0.921. The first-order valence-corrected chi connectivity index (χ1v) is 6.05. The summed E-state index contributed by atoms with van der Waals surface area (Å²) in [4.78, 5) is 4.36. The summed E-state index contributed by atoms with van der Waals surface area (Å²) in [5.41, 5.74) is 0.778. The Hall–Kier alpha value is -1.05. The van der Waals surface area contributed by atoms with Crippen molar-refractivity contribution in [2.24, 2.45) is 4.99 Å². The highest BCUT2D eigenvalue weighted by Crippen LogP contribution is 2.16. The molecule has 0 atom stereocenters. The average Bonchev–Trinajstić information content (AvgIpc) is 2.36. The highest BCUT2D eigenvalue weighted by Gasteiger charge is 2.01. The molecule has 0 unspecified atom stereocenters. The van der Waals surface area contributed by atoms with Crippen molar-refractivity contribution in [1.82, 2.24) is 10.6 Å². The van der Waals surface area contributed by atoms with Crippen LogP contribution in [0.2, 0.25) is 0 Å². The van der Waals surface area contributed by atoms with Crippen molar-refractivity contribution in [1.29, 1.82) is 0 Å². The number of ether oxygens (including phenoxy) is 1. The van der Waals surface area contributed by atoms with Crippen molar-refractivity contribution >= 4 is 29.9 Å². The third-order valence-electron chi connectivity index (χ3n) is 2.27. The molecule has 0 aliphatic carbocycles. The number of methoxy groups -OCH3 is 1. The van der Waals surface area contributed by atoms with Gasteiger partial charge in [-0.25, -0.2) is 9.38 Å². The zero-order valence-corrected chi connectivity index (χ0v) is 13.8. The van der Waals surface area contributed by atoms with Crippen molar-refractivity contribution in [3.05, 3.63) is 29.6 Å². The Bertz CT molecular complexity index is 405. The standard InChI is InChI=1S/C13H20FN3O.HI/c1-4-15-13(16-5-2)17-9-10-6-11(14)8-12(7-10)18-3;/h6-8H,4-5,9H2,1-3H3,(H2,15,16,17);1H. The number of benzene rings is 1. The van der Waals surface area contributed by atoms with Crippen LogP contribution in [0.25, 0.3) is 0 Å². The second-order valence-electron chi connectivity index (χ2n) is 3.72. The summed E-state index contributed by atoms with van der Waals surface area (Å²) < 4.78 is 18.3. The van der Waals surface area contributed by atoms with Crippen molar-refractivity contribution in [2.45, 2.75) is 20.4 Å². The number of aliphatic imine (C=N–C) groups is 1. The maximum Gasteiger partial charge on any atom is 0.191 e. The quantitative estimate of drug-likeness (QED) is 0.468. The van der Waals surface area contributed by atoms with E-state index in [2.05, 4.69) is 15.6 Å². The minimum absolute atomic E-state index is 0. The maximum atomic E-state index is 13.3. The number of halogens is 2. The Morgan fingerprint density at radius 1 is 1.21 bits per heavy atom. The van der Waals surface area contributed by atoms with Gasteiger partial charge < -0.3 is 15.4 Å². The number of nitrogens with one attached hydrogen (secondary N) is 2. The molecule has 1 aromatic rings. The van der Waals surface area contributed by atoms with Gasteiger partial charge in [0.1, 0.15) is 11.6 Å². The van der Waals surface area contributed by atoms with Crippen molar-refractivity contribution in [2.75, 3.05) is 20.2 Å². The Kier molecular flexibility index (Phi) is 9.28. The molecular formula is C13H21FIN3O. The lowest BCUT2D eigenvalue weighted by Crippen LogP contribution is -2.36.